The first kappa shape index (κ1) is 11.6. The van der Waals surface area contributed by atoms with Crippen LogP contribution >= 0.6 is 0 Å². The van der Waals surface area contributed by atoms with Crippen LogP contribution in [-0.4, -0.2) is 12.5 Å². The standard InChI is InChI=1S/C15H20N2O/c16-13-6-4-12(5-7-13)15(8-9-15)14(18)17-10-11-2-1-3-11/h4-7,11H,1-3,8-10,16H2,(H,17,18). The molecule has 3 nitrogen and oxygen atoms in total. The summed E-state index contributed by atoms with van der Waals surface area (Å²) in [4.78, 5) is 12.3. The fourth-order valence-electron chi connectivity index (χ4n) is 2.68. The van der Waals surface area contributed by atoms with Crippen LogP contribution < -0.4 is 11.1 Å². The Labute approximate surface area is 108 Å². The molecule has 3 rings (SSSR count). The molecule has 0 atom stereocenters. The zero-order chi connectivity index (χ0) is 12.6. The first-order valence-corrected chi connectivity index (χ1v) is 6.85. The van der Waals surface area contributed by atoms with Gasteiger partial charge in [0.05, 0.1) is 5.41 Å². The van der Waals surface area contributed by atoms with Gasteiger partial charge in [-0.3, -0.25) is 4.79 Å². The number of hydrogen-bond acceptors (Lipinski definition) is 2. The second kappa shape index (κ2) is 4.30. The van der Waals surface area contributed by atoms with Crippen LogP contribution in [-0.2, 0) is 10.2 Å². The van der Waals surface area contributed by atoms with E-state index < -0.39 is 0 Å². The van der Waals surface area contributed by atoms with E-state index in [9.17, 15) is 4.79 Å². The van der Waals surface area contributed by atoms with Crippen LogP contribution in [0.25, 0.3) is 0 Å². The van der Waals surface area contributed by atoms with Crippen LogP contribution in [0.3, 0.4) is 0 Å². The molecule has 96 valence electrons. The minimum Gasteiger partial charge on any atom is -0.399 e. The third-order valence-electron chi connectivity index (χ3n) is 4.42. The summed E-state index contributed by atoms with van der Waals surface area (Å²) in [5.41, 5.74) is 7.31. The maximum Gasteiger partial charge on any atom is 0.230 e. The lowest BCUT2D eigenvalue weighted by atomic mass is 9.85. The molecule has 2 saturated carbocycles. The summed E-state index contributed by atoms with van der Waals surface area (Å²) in [6, 6.07) is 7.75. The number of nitrogens with one attached hydrogen (secondary N) is 1. The van der Waals surface area contributed by atoms with E-state index in [4.69, 9.17) is 5.73 Å². The normalized spacial score (nSPS) is 21.1. The van der Waals surface area contributed by atoms with Crippen LogP contribution in [0.4, 0.5) is 5.69 Å². The average molecular weight is 244 g/mol. The van der Waals surface area contributed by atoms with Crippen LogP contribution in [0.5, 0.6) is 0 Å². The Bertz CT molecular complexity index is 444. The van der Waals surface area contributed by atoms with Gasteiger partial charge in [0, 0.05) is 12.2 Å². The molecule has 0 radical (unpaired) electrons. The highest BCUT2D eigenvalue weighted by Gasteiger charge is 2.51. The molecule has 0 unspecified atom stereocenters. The zero-order valence-electron chi connectivity index (χ0n) is 10.6. The van der Waals surface area contributed by atoms with E-state index in [-0.39, 0.29) is 11.3 Å². The van der Waals surface area contributed by atoms with E-state index in [1.54, 1.807) is 0 Å². The van der Waals surface area contributed by atoms with E-state index >= 15 is 0 Å². The van der Waals surface area contributed by atoms with Crippen molar-refractivity contribution in [1.29, 1.82) is 0 Å². The lowest BCUT2D eigenvalue weighted by Gasteiger charge is -2.26. The average Bonchev–Trinajstić information content (AvgIpc) is 3.09. The predicted molar refractivity (Wildman–Crippen MR) is 72.1 cm³/mol. The summed E-state index contributed by atoms with van der Waals surface area (Å²) in [6.45, 7) is 0.857. The minimum atomic E-state index is -0.253. The highest BCUT2D eigenvalue weighted by atomic mass is 16.2. The van der Waals surface area contributed by atoms with Crippen LogP contribution in [0.2, 0.25) is 0 Å². The smallest absolute Gasteiger partial charge is 0.230 e. The number of hydrogen-bond donors (Lipinski definition) is 2. The number of benzene rings is 1. The number of amides is 1. The zero-order valence-corrected chi connectivity index (χ0v) is 10.6. The van der Waals surface area contributed by atoms with Crippen molar-refractivity contribution in [2.45, 2.75) is 37.5 Å². The SMILES string of the molecule is Nc1ccc(C2(C(=O)NCC3CCC3)CC2)cc1. The molecular formula is C15H20N2O. The van der Waals surface area contributed by atoms with E-state index in [2.05, 4.69) is 5.32 Å². The molecule has 1 aromatic carbocycles. The summed E-state index contributed by atoms with van der Waals surface area (Å²) >= 11 is 0. The Kier molecular flexibility index (Phi) is 2.77. The Hall–Kier alpha value is -1.51. The molecule has 0 heterocycles. The maximum atomic E-state index is 12.3. The van der Waals surface area contributed by atoms with E-state index in [0.29, 0.717) is 0 Å². The fourth-order valence-corrected chi connectivity index (χ4v) is 2.68. The topological polar surface area (TPSA) is 55.1 Å². The molecule has 1 aromatic rings. The molecule has 3 N–H and O–H groups in total. The van der Waals surface area contributed by atoms with Gasteiger partial charge in [-0.05, 0) is 49.3 Å². The lowest BCUT2D eigenvalue weighted by molar-refractivity contribution is -0.123. The van der Waals surface area contributed by atoms with Gasteiger partial charge in [0.2, 0.25) is 5.91 Å². The second-order valence-corrected chi connectivity index (χ2v) is 5.71. The molecule has 2 aliphatic rings. The van der Waals surface area contributed by atoms with Crippen molar-refractivity contribution in [2.75, 3.05) is 12.3 Å². The van der Waals surface area contributed by atoms with Gasteiger partial charge < -0.3 is 11.1 Å². The molecule has 18 heavy (non-hydrogen) atoms. The summed E-state index contributed by atoms with van der Waals surface area (Å²) in [7, 11) is 0. The number of carbonyl (C=O) groups is 1. The largest absolute Gasteiger partial charge is 0.399 e. The van der Waals surface area contributed by atoms with Crippen molar-refractivity contribution in [3.8, 4) is 0 Å². The van der Waals surface area contributed by atoms with Crippen molar-refractivity contribution < 1.29 is 4.79 Å². The minimum absolute atomic E-state index is 0.208. The molecule has 1 amide bonds. The van der Waals surface area contributed by atoms with Crippen molar-refractivity contribution in [3.05, 3.63) is 29.8 Å². The molecule has 2 fully saturated rings. The van der Waals surface area contributed by atoms with Crippen LogP contribution in [0, 0.1) is 5.92 Å². The van der Waals surface area contributed by atoms with Crippen LogP contribution in [0.1, 0.15) is 37.7 Å². The number of carbonyl (C=O) groups excluding carboxylic acids is 1. The van der Waals surface area contributed by atoms with E-state index in [1.807, 2.05) is 24.3 Å². The number of rotatable bonds is 4. The Balaban J connectivity index is 1.66. The molecule has 0 saturated heterocycles. The molecule has 0 aromatic heterocycles. The van der Waals surface area contributed by atoms with Gasteiger partial charge in [-0.1, -0.05) is 18.6 Å². The molecular weight excluding hydrogens is 224 g/mol. The number of nitrogen functional groups attached to an aromatic ring is 1. The van der Waals surface area contributed by atoms with E-state index in [1.165, 1.54) is 19.3 Å². The summed E-state index contributed by atoms with van der Waals surface area (Å²) in [5, 5.41) is 3.13. The molecule has 3 heteroatoms. The second-order valence-electron chi connectivity index (χ2n) is 5.71. The fraction of sp³-hybridized carbons (Fsp3) is 0.533. The molecule has 0 aliphatic heterocycles. The van der Waals surface area contributed by atoms with Gasteiger partial charge in [-0.15, -0.1) is 0 Å². The third kappa shape index (κ3) is 1.98. The quantitative estimate of drug-likeness (QED) is 0.798. The summed E-state index contributed by atoms with van der Waals surface area (Å²) < 4.78 is 0. The van der Waals surface area contributed by atoms with Gasteiger partial charge in [0.25, 0.3) is 0 Å². The third-order valence-corrected chi connectivity index (χ3v) is 4.42. The molecule has 0 spiro atoms. The first-order valence-electron chi connectivity index (χ1n) is 6.85. The first-order chi connectivity index (χ1) is 8.71. The van der Waals surface area contributed by atoms with Gasteiger partial charge in [0.1, 0.15) is 0 Å². The summed E-state index contributed by atoms with van der Waals surface area (Å²) in [5.74, 6) is 0.926. The molecule has 2 aliphatic carbocycles. The van der Waals surface area contributed by atoms with Gasteiger partial charge in [-0.2, -0.15) is 0 Å². The predicted octanol–water partition coefficient (Wildman–Crippen LogP) is 2.22. The van der Waals surface area contributed by atoms with Crippen molar-refractivity contribution >= 4 is 11.6 Å². The van der Waals surface area contributed by atoms with E-state index in [0.717, 1.165) is 36.6 Å². The number of anilines is 1. The van der Waals surface area contributed by atoms with Gasteiger partial charge in [0.15, 0.2) is 0 Å². The van der Waals surface area contributed by atoms with Crippen molar-refractivity contribution in [3.63, 3.8) is 0 Å². The number of nitrogens with two attached hydrogens (primary N) is 1. The lowest BCUT2D eigenvalue weighted by Crippen LogP contribution is -2.39. The highest BCUT2D eigenvalue weighted by molar-refractivity contribution is 5.91. The summed E-state index contributed by atoms with van der Waals surface area (Å²) in [6.07, 6.45) is 5.80. The Morgan fingerprint density at radius 1 is 1.28 bits per heavy atom. The van der Waals surface area contributed by atoms with Gasteiger partial charge in [-0.25, -0.2) is 0 Å². The monoisotopic (exact) mass is 244 g/mol. The van der Waals surface area contributed by atoms with Crippen molar-refractivity contribution in [1.82, 2.24) is 5.32 Å². The highest BCUT2D eigenvalue weighted by Crippen LogP contribution is 2.48. The maximum absolute atomic E-state index is 12.3. The Morgan fingerprint density at radius 3 is 2.44 bits per heavy atom. The van der Waals surface area contributed by atoms with Crippen LogP contribution in [0.15, 0.2) is 24.3 Å². The van der Waals surface area contributed by atoms with Gasteiger partial charge >= 0.3 is 0 Å². The molecule has 0 bridgehead atoms. The van der Waals surface area contributed by atoms with Crippen molar-refractivity contribution in [2.24, 2.45) is 5.92 Å². The Morgan fingerprint density at radius 2 is 1.94 bits per heavy atom.